The van der Waals surface area contributed by atoms with Crippen LogP contribution in [0.1, 0.15) is 31.7 Å². The molecule has 4 nitrogen and oxygen atoms in total. The van der Waals surface area contributed by atoms with Crippen LogP contribution in [-0.4, -0.2) is 37.2 Å². The first kappa shape index (κ1) is 14.9. The number of ether oxygens (including phenoxy) is 1. The van der Waals surface area contributed by atoms with Gasteiger partial charge < -0.3 is 9.64 Å². The largest absolute Gasteiger partial charge is 0.450 e. The molecule has 0 saturated carbocycles. The van der Waals surface area contributed by atoms with Gasteiger partial charge >= 0.3 is 6.09 Å². The summed E-state index contributed by atoms with van der Waals surface area (Å²) >= 11 is 0. The molecule has 0 spiro atoms. The summed E-state index contributed by atoms with van der Waals surface area (Å²) in [4.78, 5) is 13.8. The van der Waals surface area contributed by atoms with Crippen molar-refractivity contribution in [1.29, 1.82) is 0 Å². The molecule has 0 aromatic heterocycles. The Bertz CT molecular complexity index is 411. The maximum atomic E-state index is 11.3. The molecule has 0 radical (unpaired) electrons. The van der Waals surface area contributed by atoms with E-state index >= 15 is 0 Å². The van der Waals surface area contributed by atoms with E-state index in [2.05, 4.69) is 22.3 Å². The quantitative estimate of drug-likeness (QED) is 0.867. The van der Waals surface area contributed by atoms with Gasteiger partial charge in [-0.3, -0.25) is 5.32 Å². The lowest BCUT2D eigenvalue weighted by Gasteiger charge is -2.14. The van der Waals surface area contributed by atoms with Crippen LogP contribution in [0.2, 0.25) is 0 Å². The Hall–Kier alpha value is -1.55. The van der Waals surface area contributed by atoms with Crippen LogP contribution < -0.4 is 5.32 Å². The van der Waals surface area contributed by atoms with Crippen molar-refractivity contribution in [1.82, 2.24) is 4.90 Å². The Morgan fingerprint density at radius 1 is 1.25 bits per heavy atom. The molecule has 1 N–H and O–H groups in total. The van der Waals surface area contributed by atoms with Crippen molar-refractivity contribution in [3.63, 3.8) is 0 Å². The topological polar surface area (TPSA) is 41.6 Å². The average Bonchev–Trinajstić information content (AvgIpc) is 2.94. The summed E-state index contributed by atoms with van der Waals surface area (Å²) in [5.74, 6) is 0. The summed E-state index contributed by atoms with van der Waals surface area (Å²) in [6.45, 7) is 5.91. The number of carbonyl (C=O) groups excluding carboxylic acids is 1. The molecule has 1 saturated heterocycles. The van der Waals surface area contributed by atoms with Crippen LogP contribution in [0.3, 0.4) is 0 Å². The lowest BCUT2D eigenvalue weighted by molar-refractivity contribution is 0.168. The molecule has 0 unspecified atom stereocenters. The van der Waals surface area contributed by atoms with E-state index in [1.165, 1.54) is 44.5 Å². The molecule has 1 fully saturated rings. The maximum Gasteiger partial charge on any atom is 0.411 e. The monoisotopic (exact) mass is 276 g/mol. The van der Waals surface area contributed by atoms with Crippen LogP contribution in [0.4, 0.5) is 10.5 Å². The second-order valence-electron chi connectivity index (χ2n) is 5.19. The second-order valence-corrected chi connectivity index (χ2v) is 5.19. The van der Waals surface area contributed by atoms with E-state index in [1.54, 1.807) is 6.92 Å². The first-order valence-corrected chi connectivity index (χ1v) is 7.53. The molecule has 0 atom stereocenters. The van der Waals surface area contributed by atoms with Crippen LogP contribution in [0.25, 0.3) is 0 Å². The molecule has 1 aliphatic heterocycles. The predicted octanol–water partition coefficient (Wildman–Crippen LogP) is 3.28. The smallest absolute Gasteiger partial charge is 0.411 e. The Morgan fingerprint density at radius 2 is 1.95 bits per heavy atom. The third kappa shape index (κ3) is 4.85. The number of nitrogens with one attached hydrogen (secondary N) is 1. The van der Waals surface area contributed by atoms with Gasteiger partial charge in [-0.25, -0.2) is 4.79 Å². The molecule has 1 aromatic rings. The molecule has 2 rings (SSSR count). The van der Waals surface area contributed by atoms with E-state index in [-0.39, 0.29) is 0 Å². The van der Waals surface area contributed by atoms with Crippen LogP contribution >= 0.6 is 0 Å². The molecular formula is C16H24N2O2. The Labute approximate surface area is 121 Å². The predicted molar refractivity (Wildman–Crippen MR) is 81.1 cm³/mol. The number of hydrogen-bond acceptors (Lipinski definition) is 3. The highest BCUT2D eigenvalue weighted by Gasteiger charge is 2.10. The zero-order chi connectivity index (χ0) is 14.2. The summed E-state index contributed by atoms with van der Waals surface area (Å²) in [7, 11) is 0. The number of anilines is 1. The molecule has 4 heteroatoms. The zero-order valence-corrected chi connectivity index (χ0v) is 12.2. The Balaban J connectivity index is 1.71. The number of benzene rings is 1. The molecule has 1 aromatic carbocycles. The molecular weight excluding hydrogens is 252 g/mol. The average molecular weight is 276 g/mol. The highest BCUT2D eigenvalue weighted by Crippen LogP contribution is 2.13. The van der Waals surface area contributed by atoms with Gasteiger partial charge in [0.05, 0.1) is 6.61 Å². The first-order valence-electron chi connectivity index (χ1n) is 7.53. The lowest BCUT2D eigenvalue weighted by Crippen LogP contribution is -2.20. The third-order valence-electron chi connectivity index (χ3n) is 3.61. The van der Waals surface area contributed by atoms with Crippen molar-refractivity contribution in [3.8, 4) is 0 Å². The Morgan fingerprint density at radius 3 is 2.60 bits per heavy atom. The second kappa shape index (κ2) is 7.90. The molecule has 20 heavy (non-hydrogen) atoms. The van der Waals surface area contributed by atoms with Crippen LogP contribution in [0, 0.1) is 0 Å². The van der Waals surface area contributed by atoms with Crippen LogP contribution in [0.5, 0.6) is 0 Å². The molecule has 1 aliphatic rings. The van der Waals surface area contributed by atoms with Crippen molar-refractivity contribution in [2.45, 2.75) is 32.6 Å². The van der Waals surface area contributed by atoms with Gasteiger partial charge in [0.2, 0.25) is 0 Å². The number of carbonyl (C=O) groups is 1. The highest BCUT2D eigenvalue weighted by atomic mass is 16.5. The van der Waals surface area contributed by atoms with Gasteiger partial charge in [0.15, 0.2) is 0 Å². The van der Waals surface area contributed by atoms with Gasteiger partial charge in [0, 0.05) is 5.69 Å². The lowest BCUT2D eigenvalue weighted by atomic mass is 10.1. The summed E-state index contributed by atoms with van der Waals surface area (Å²) in [5, 5.41) is 2.70. The molecule has 1 heterocycles. The van der Waals surface area contributed by atoms with Gasteiger partial charge in [-0.15, -0.1) is 0 Å². The fourth-order valence-corrected chi connectivity index (χ4v) is 2.55. The fourth-order valence-electron chi connectivity index (χ4n) is 2.55. The van der Waals surface area contributed by atoms with E-state index in [0.717, 1.165) is 12.1 Å². The van der Waals surface area contributed by atoms with E-state index in [1.807, 2.05) is 12.1 Å². The molecule has 1 amide bonds. The fraction of sp³-hybridized carbons (Fsp3) is 0.562. The number of aryl methyl sites for hydroxylation is 1. The summed E-state index contributed by atoms with van der Waals surface area (Å²) in [5.41, 5.74) is 2.10. The minimum absolute atomic E-state index is 0.389. The minimum Gasteiger partial charge on any atom is -0.450 e. The van der Waals surface area contributed by atoms with E-state index in [9.17, 15) is 4.79 Å². The summed E-state index contributed by atoms with van der Waals surface area (Å²) < 4.78 is 4.84. The first-order chi connectivity index (χ1) is 9.78. The third-order valence-corrected chi connectivity index (χ3v) is 3.61. The standard InChI is InChI=1S/C16H24N2O2/c1-2-20-16(19)17-15-9-7-14(8-10-15)6-5-13-18-11-3-4-12-18/h7-10H,2-6,11-13H2,1H3,(H,17,19). The van der Waals surface area contributed by atoms with Crippen molar-refractivity contribution in [2.24, 2.45) is 0 Å². The number of rotatable bonds is 6. The van der Waals surface area contributed by atoms with E-state index in [0.29, 0.717) is 6.61 Å². The van der Waals surface area contributed by atoms with Gasteiger partial charge in [-0.05, 0) is 69.9 Å². The minimum atomic E-state index is -0.394. The Kier molecular flexibility index (Phi) is 5.87. The normalized spacial score (nSPS) is 15.2. The molecule has 0 aliphatic carbocycles. The maximum absolute atomic E-state index is 11.3. The van der Waals surface area contributed by atoms with Gasteiger partial charge in [-0.2, -0.15) is 0 Å². The van der Waals surface area contributed by atoms with Crippen molar-refractivity contribution < 1.29 is 9.53 Å². The van der Waals surface area contributed by atoms with Gasteiger partial charge in [-0.1, -0.05) is 12.1 Å². The van der Waals surface area contributed by atoms with E-state index in [4.69, 9.17) is 4.74 Å². The van der Waals surface area contributed by atoms with E-state index < -0.39 is 6.09 Å². The van der Waals surface area contributed by atoms with Crippen LogP contribution in [-0.2, 0) is 11.2 Å². The van der Waals surface area contributed by atoms with Crippen molar-refractivity contribution >= 4 is 11.8 Å². The van der Waals surface area contributed by atoms with Crippen LogP contribution in [0.15, 0.2) is 24.3 Å². The summed E-state index contributed by atoms with van der Waals surface area (Å²) in [6, 6.07) is 8.02. The van der Waals surface area contributed by atoms with Crippen molar-refractivity contribution in [3.05, 3.63) is 29.8 Å². The number of amides is 1. The van der Waals surface area contributed by atoms with Gasteiger partial charge in [0.1, 0.15) is 0 Å². The SMILES string of the molecule is CCOC(=O)Nc1ccc(CCCN2CCCC2)cc1. The van der Waals surface area contributed by atoms with Gasteiger partial charge in [0.25, 0.3) is 0 Å². The molecule has 0 bridgehead atoms. The molecule has 110 valence electrons. The summed E-state index contributed by atoms with van der Waals surface area (Å²) in [6.07, 6.45) is 4.61. The number of likely N-dealkylation sites (tertiary alicyclic amines) is 1. The highest BCUT2D eigenvalue weighted by molar-refractivity contribution is 5.84. The number of nitrogens with zero attached hydrogens (tertiary/aromatic N) is 1. The van der Waals surface area contributed by atoms with Crippen molar-refractivity contribution in [2.75, 3.05) is 31.6 Å². The number of hydrogen-bond donors (Lipinski definition) is 1. The zero-order valence-electron chi connectivity index (χ0n) is 12.2.